The Balaban J connectivity index is 1.32. The standard InChI is InChI=1S/C35H35FN4O6/c1-19-11-22-12-21(13-25(28(22)38-15-19)39-32(43)33(2)16-45-17-33)26(41)9-10-35(4,44)27-14-24-30(46-18-34(24,3)31(37)42)29(40-27)20-5-7-23(36)8-6-20/h5-8,11-15,44H,9-10,16-18H2,1-4H3,(H2,37,42)(H,39,43)/t34-,35-/m0/s1. The number of amides is 2. The minimum atomic E-state index is -1.62. The number of aliphatic hydroxyl groups is 1. The second-order valence-corrected chi connectivity index (χ2v) is 13.0. The zero-order valence-electron chi connectivity index (χ0n) is 26.1. The van der Waals surface area contributed by atoms with Crippen molar-refractivity contribution in [2.75, 3.05) is 25.1 Å². The van der Waals surface area contributed by atoms with Gasteiger partial charge in [-0.25, -0.2) is 9.37 Å². The van der Waals surface area contributed by atoms with E-state index in [0.29, 0.717) is 57.9 Å². The highest BCUT2D eigenvalue weighted by Gasteiger charge is 2.45. The lowest BCUT2D eigenvalue weighted by atomic mass is 9.81. The number of ether oxygens (including phenoxy) is 2. The summed E-state index contributed by atoms with van der Waals surface area (Å²) < 4.78 is 24.9. The van der Waals surface area contributed by atoms with E-state index in [2.05, 4.69) is 10.3 Å². The summed E-state index contributed by atoms with van der Waals surface area (Å²) in [5.74, 6) is -1.19. The summed E-state index contributed by atoms with van der Waals surface area (Å²) in [5, 5.41) is 15.4. The smallest absolute Gasteiger partial charge is 0.235 e. The minimum absolute atomic E-state index is 0.0149. The summed E-state index contributed by atoms with van der Waals surface area (Å²) in [6.45, 7) is 7.50. The van der Waals surface area contributed by atoms with Crippen LogP contribution < -0.4 is 15.8 Å². The Labute approximate surface area is 265 Å². The van der Waals surface area contributed by atoms with E-state index < -0.39 is 28.2 Å². The third-order valence-corrected chi connectivity index (χ3v) is 9.00. The second kappa shape index (κ2) is 11.3. The summed E-state index contributed by atoms with van der Waals surface area (Å²) in [6.07, 6.45) is 1.61. The molecule has 0 unspecified atom stereocenters. The van der Waals surface area contributed by atoms with Crippen molar-refractivity contribution in [1.29, 1.82) is 0 Å². The lowest BCUT2D eigenvalue weighted by Crippen LogP contribution is -2.49. The van der Waals surface area contributed by atoms with Gasteiger partial charge in [-0.15, -0.1) is 0 Å². The number of fused-ring (bicyclic) bond motifs is 2. The highest BCUT2D eigenvalue weighted by atomic mass is 19.1. The molecular weight excluding hydrogens is 591 g/mol. The third kappa shape index (κ3) is 5.50. The molecule has 0 aliphatic carbocycles. The number of anilines is 1. The van der Waals surface area contributed by atoms with Crippen LogP contribution in [0.1, 0.15) is 60.8 Å². The molecule has 2 aromatic heterocycles. The molecule has 46 heavy (non-hydrogen) atoms. The van der Waals surface area contributed by atoms with E-state index in [-0.39, 0.29) is 36.8 Å². The van der Waals surface area contributed by atoms with Gasteiger partial charge in [0, 0.05) is 34.7 Å². The summed E-state index contributed by atoms with van der Waals surface area (Å²) in [4.78, 5) is 48.4. The van der Waals surface area contributed by atoms with E-state index in [0.717, 1.165) is 5.56 Å². The number of aromatic nitrogens is 2. The molecule has 0 spiro atoms. The molecule has 6 rings (SSSR count). The molecule has 10 nitrogen and oxygen atoms in total. The van der Waals surface area contributed by atoms with Crippen molar-refractivity contribution in [1.82, 2.24) is 9.97 Å². The van der Waals surface area contributed by atoms with E-state index in [4.69, 9.17) is 20.2 Å². The van der Waals surface area contributed by atoms with Crippen molar-refractivity contribution in [2.24, 2.45) is 11.1 Å². The lowest BCUT2D eigenvalue weighted by molar-refractivity contribution is -0.151. The van der Waals surface area contributed by atoms with Crippen LogP contribution in [0.4, 0.5) is 10.1 Å². The van der Waals surface area contributed by atoms with Crippen molar-refractivity contribution < 1.29 is 33.4 Å². The van der Waals surface area contributed by atoms with Gasteiger partial charge in [0.15, 0.2) is 5.78 Å². The van der Waals surface area contributed by atoms with Gasteiger partial charge in [-0.1, -0.05) is 0 Å². The largest absolute Gasteiger partial charge is 0.489 e. The molecule has 2 amide bonds. The van der Waals surface area contributed by atoms with Crippen molar-refractivity contribution in [3.8, 4) is 17.0 Å². The van der Waals surface area contributed by atoms with Gasteiger partial charge in [0.25, 0.3) is 0 Å². The Hall–Kier alpha value is -4.74. The number of primary amides is 1. The molecule has 11 heteroatoms. The maximum absolute atomic E-state index is 13.7. The average molecular weight is 627 g/mol. The first-order valence-corrected chi connectivity index (χ1v) is 15.0. The number of halogens is 1. The number of nitrogens with two attached hydrogens (primary N) is 1. The fourth-order valence-electron chi connectivity index (χ4n) is 5.72. The number of carbonyl (C=O) groups is 3. The predicted octanol–water partition coefficient (Wildman–Crippen LogP) is 4.73. The van der Waals surface area contributed by atoms with Crippen LogP contribution in [-0.2, 0) is 25.3 Å². The predicted molar refractivity (Wildman–Crippen MR) is 169 cm³/mol. The number of nitrogens with one attached hydrogen (secondary N) is 1. The van der Waals surface area contributed by atoms with Gasteiger partial charge in [0.1, 0.15) is 34.9 Å². The van der Waals surface area contributed by atoms with Crippen LogP contribution >= 0.6 is 0 Å². The number of carbonyl (C=O) groups excluding carboxylic acids is 3. The maximum Gasteiger partial charge on any atom is 0.235 e. The second-order valence-electron chi connectivity index (χ2n) is 13.0. The topological polar surface area (TPSA) is 154 Å². The van der Waals surface area contributed by atoms with E-state index in [1.807, 2.05) is 19.9 Å². The molecule has 2 aliphatic rings. The van der Waals surface area contributed by atoms with Gasteiger partial charge in [-0.2, -0.15) is 0 Å². The highest BCUT2D eigenvalue weighted by Crippen LogP contribution is 2.46. The Morgan fingerprint density at radius 3 is 2.46 bits per heavy atom. The first kappa shape index (κ1) is 31.3. The first-order chi connectivity index (χ1) is 21.7. The molecule has 0 saturated carbocycles. The normalized spacial score (nSPS) is 19.4. The van der Waals surface area contributed by atoms with E-state index in [9.17, 15) is 23.9 Å². The van der Waals surface area contributed by atoms with Crippen LogP contribution in [0.15, 0.2) is 54.7 Å². The molecular formula is C35H35FN4O6. The highest BCUT2D eigenvalue weighted by molar-refractivity contribution is 6.07. The molecule has 4 aromatic rings. The SMILES string of the molecule is Cc1cnc2c(NC(=O)C3(C)COC3)cc(C(=O)CC[C@](C)(O)c3cc4c(c(-c5ccc(F)cc5)n3)OC[C@]4(C)C(N)=O)cc2c1. The van der Waals surface area contributed by atoms with Crippen molar-refractivity contribution in [3.05, 3.63) is 82.9 Å². The van der Waals surface area contributed by atoms with Crippen LogP contribution in [-0.4, -0.2) is 52.5 Å². The molecule has 2 atom stereocenters. The van der Waals surface area contributed by atoms with E-state index >= 15 is 0 Å². The fraction of sp³-hybridized carbons (Fsp3) is 0.343. The number of benzene rings is 2. The molecule has 0 radical (unpaired) electrons. The monoisotopic (exact) mass is 626 g/mol. The molecule has 238 valence electrons. The van der Waals surface area contributed by atoms with Crippen molar-refractivity contribution in [3.63, 3.8) is 0 Å². The Morgan fingerprint density at radius 1 is 1.09 bits per heavy atom. The first-order valence-electron chi connectivity index (χ1n) is 15.0. The molecule has 1 fully saturated rings. The van der Waals surface area contributed by atoms with Crippen LogP contribution in [0.2, 0.25) is 0 Å². The summed E-state index contributed by atoms with van der Waals surface area (Å²) >= 11 is 0. The van der Waals surface area contributed by atoms with Gasteiger partial charge in [0.2, 0.25) is 11.8 Å². The lowest BCUT2D eigenvalue weighted by Gasteiger charge is -2.36. The maximum atomic E-state index is 13.7. The van der Waals surface area contributed by atoms with Gasteiger partial charge < -0.3 is 25.6 Å². The number of Topliss-reactive ketones (excluding diaryl/α,β-unsaturated/α-hetero) is 1. The summed E-state index contributed by atoms with van der Waals surface area (Å²) in [5.41, 5.74) is 6.03. The quantitative estimate of drug-likeness (QED) is 0.226. The Bertz CT molecular complexity index is 1900. The number of nitrogens with zero attached hydrogens (tertiary/aromatic N) is 2. The van der Waals surface area contributed by atoms with E-state index in [1.54, 1.807) is 38.2 Å². The summed E-state index contributed by atoms with van der Waals surface area (Å²) in [7, 11) is 0. The number of rotatable bonds is 9. The number of hydrogen-bond acceptors (Lipinski definition) is 8. The minimum Gasteiger partial charge on any atom is -0.489 e. The van der Waals surface area contributed by atoms with Crippen LogP contribution in [0.3, 0.4) is 0 Å². The number of pyridine rings is 2. The summed E-state index contributed by atoms with van der Waals surface area (Å²) in [6, 6.07) is 12.5. The Kier molecular flexibility index (Phi) is 7.64. The molecule has 2 aliphatic heterocycles. The fourth-order valence-corrected chi connectivity index (χ4v) is 5.72. The third-order valence-electron chi connectivity index (χ3n) is 9.00. The van der Waals surface area contributed by atoms with Crippen molar-refractivity contribution in [2.45, 2.75) is 51.6 Å². The molecule has 4 heterocycles. The Morgan fingerprint density at radius 2 is 1.80 bits per heavy atom. The molecule has 2 aromatic carbocycles. The molecule has 0 bridgehead atoms. The molecule has 4 N–H and O–H groups in total. The van der Waals surface area contributed by atoms with Crippen molar-refractivity contribution >= 4 is 34.2 Å². The zero-order chi connectivity index (χ0) is 33.0. The number of hydrogen-bond donors (Lipinski definition) is 3. The van der Waals surface area contributed by atoms with Gasteiger partial charge in [-0.05, 0) is 88.2 Å². The van der Waals surface area contributed by atoms with Gasteiger partial charge >= 0.3 is 0 Å². The number of ketones is 1. The zero-order valence-corrected chi connectivity index (χ0v) is 26.1. The van der Waals surface area contributed by atoms with Crippen LogP contribution in [0.25, 0.3) is 22.2 Å². The van der Waals surface area contributed by atoms with Crippen LogP contribution in [0.5, 0.6) is 5.75 Å². The van der Waals surface area contributed by atoms with Gasteiger partial charge in [-0.3, -0.25) is 19.4 Å². The van der Waals surface area contributed by atoms with Gasteiger partial charge in [0.05, 0.1) is 35.5 Å². The molecule has 1 saturated heterocycles. The van der Waals surface area contributed by atoms with Crippen LogP contribution in [0, 0.1) is 18.2 Å². The average Bonchev–Trinajstić information content (AvgIpc) is 3.36. The number of aryl methyl sites for hydroxylation is 1. The van der Waals surface area contributed by atoms with E-state index in [1.165, 1.54) is 24.3 Å².